The van der Waals surface area contributed by atoms with E-state index in [1.165, 1.54) is 12.1 Å². The molecule has 5 heteroatoms. The summed E-state index contributed by atoms with van der Waals surface area (Å²) in [7, 11) is -3.70. The molecule has 18 heavy (non-hydrogen) atoms. The molecule has 0 radical (unpaired) electrons. The summed E-state index contributed by atoms with van der Waals surface area (Å²) >= 11 is 0. The maximum atomic E-state index is 11.9. The largest absolute Gasteiger partial charge is 0.297 e. The van der Waals surface area contributed by atoms with Crippen LogP contribution in [0.4, 0.5) is 0 Å². The van der Waals surface area contributed by atoms with Gasteiger partial charge in [0.15, 0.2) is 0 Å². The standard InChI is InChI=1S/C13H13NO3S/c1-11-4-6-13(7-5-11)18(15,16)17-10-12-3-2-8-14-9-12/h2-9H,10H2,1H3. The van der Waals surface area contributed by atoms with Crippen molar-refractivity contribution in [1.82, 2.24) is 4.98 Å². The molecule has 0 aliphatic heterocycles. The molecule has 0 saturated heterocycles. The molecule has 0 fully saturated rings. The Kier molecular flexibility index (Phi) is 3.74. The summed E-state index contributed by atoms with van der Waals surface area (Å²) in [5.74, 6) is 0. The van der Waals surface area contributed by atoms with Gasteiger partial charge >= 0.3 is 0 Å². The zero-order valence-electron chi connectivity index (χ0n) is 9.91. The van der Waals surface area contributed by atoms with Gasteiger partial charge in [-0.05, 0) is 30.7 Å². The highest BCUT2D eigenvalue weighted by molar-refractivity contribution is 7.86. The minimum Gasteiger partial charge on any atom is -0.264 e. The van der Waals surface area contributed by atoms with Crippen molar-refractivity contribution < 1.29 is 12.6 Å². The second-order valence-corrected chi connectivity index (χ2v) is 5.51. The van der Waals surface area contributed by atoms with Crippen molar-refractivity contribution in [1.29, 1.82) is 0 Å². The zero-order valence-corrected chi connectivity index (χ0v) is 10.7. The second kappa shape index (κ2) is 5.29. The van der Waals surface area contributed by atoms with Crippen LogP contribution in [-0.4, -0.2) is 13.4 Å². The lowest BCUT2D eigenvalue weighted by molar-refractivity contribution is 0.307. The Morgan fingerprint density at radius 1 is 1.17 bits per heavy atom. The lowest BCUT2D eigenvalue weighted by Gasteiger charge is -2.05. The SMILES string of the molecule is Cc1ccc(S(=O)(=O)OCc2cccnc2)cc1. The molecule has 2 aromatic rings. The lowest BCUT2D eigenvalue weighted by atomic mass is 10.2. The van der Waals surface area contributed by atoms with E-state index in [4.69, 9.17) is 4.18 Å². The molecule has 0 atom stereocenters. The summed E-state index contributed by atoms with van der Waals surface area (Å²) in [6.07, 6.45) is 3.20. The summed E-state index contributed by atoms with van der Waals surface area (Å²) in [5, 5.41) is 0. The molecule has 0 amide bonds. The number of aryl methyl sites for hydroxylation is 1. The normalized spacial score (nSPS) is 11.4. The van der Waals surface area contributed by atoms with Crippen molar-refractivity contribution >= 4 is 10.1 Å². The van der Waals surface area contributed by atoms with Gasteiger partial charge in [0.05, 0.1) is 11.5 Å². The number of nitrogens with zero attached hydrogens (tertiary/aromatic N) is 1. The minimum atomic E-state index is -3.70. The fraction of sp³-hybridized carbons (Fsp3) is 0.154. The molecule has 0 aliphatic rings. The molecule has 0 bridgehead atoms. The molecule has 1 heterocycles. The van der Waals surface area contributed by atoms with Gasteiger partial charge in [0.25, 0.3) is 10.1 Å². The van der Waals surface area contributed by atoms with E-state index in [0.29, 0.717) is 5.56 Å². The molecule has 0 unspecified atom stereocenters. The van der Waals surface area contributed by atoms with Gasteiger partial charge in [0.1, 0.15) is 0 Å². The molecule has 0 aliphatic carbocycles. The maximum Gasteiger partial charge on any atom is 0.297 e. The Labute approximate surface area is 106 Å². The number of rotatable bonds is 4. The van der Waals surface area contributed by atoms with Crippen LogP contribution < -0.4 is 0 Å². The highest BCUT2D eigenvalue weighted by Gasteiger charge is 2.14. The van der Waals surface area contributed by atoms with Crippen LogP contribution in [0.5, 0.6) is 0 Å². The van der Waals surface area contributed by atoms with E-state index in [9.17, 15) is 8.42 Å². The van der Waals surface area contributed by atoms with Gasteiger partial charge < -0.3 is 0 Å². The molecular formula is C13H13NO3S. The third-order valence-corrected chi connectivity index (χ3v) is 3.69. The van der Waals surface area contributed by atoms with E-state index in [1.807, 2.05) is 6.92 Å². The van der Waals surface area contributed by atoms with Crippen LogP contribution in [0.1, 0.15) is 11.1 Å². The molecule has 4 nitrogen and oxygen atoms in total. The van der Waals surface area contributed by atoms with Gasteiger partial charge in [-0.2, -0.15) is 8.42 Å². The summed E-state index contributed by atoms with van der Waals surface area (Å²) < 4.78 is 28.7. The number of hydrogen-bond acceptors (Lipinski definition) is 4. The number of pyridine rings is 1. The number of benzene rings is 1. The van der Waals surface area contributed by atoms with Crippen LogP contribution in [0, 0.1) is 6.92 Å². The molecule has 1 aromatic heterocycles. The van der Waals surface area contributed by atoms with Gasteiger partial charge in [-0.15, -0.1) is 0 Å². The van der Waals surface area contributed by atoms with Crippen LogP contribution in [0.2, 0.25) is 0 Å². The van der Waals surface area contributed by atoms with E-state index in [-0.39, 0.29) is 11.5 Å². The van der Waals surface area contributed by atoms with Crippen LogP contribution >= 0.6 is 0 Å². The Morgan fingerprint density at radius 2 is 1.89 bits per heavy atom. The van der Waals surface area contributed by atoms with Crippen LogP contribution in [0.25, 0.3) is 0 Å². The van der Waals surface area contributed by atoms with Gasteiger partial charge in [-0.1, -0.05) is 23.8 Å². The summed E-state index contributed by atoms with van der Waals surface area (Å²) in [6.45, 7) is 1.89. The summed E-state index contributed by atoms with van der Waals surface area (Å²) in [4.78, 5) is 4.06. The van der Waals surface area contributed by atoms with Crippen LogP contribution in [0.3, 0.4) is 0 Å². The zero-order chi connectivity index (χ0) is 13.0. The molecular weight excluding hydrogens is 250 g/mol. The Hall–Kier alpha value is -1.72. The molecule has 0 N–H and O–H groups in total. The fourth-order valence-electron chi connectivity index (χ4n) is 1.40. The van der Waals surface area contributed by atoms with Gasteiger partial charge in [-0.25, -0.2) is 0 Å². The third-order valence-electron chi connectivity index (χ3n) is 2.41. The maximum absolute atomic E-state index is 11.9. The van der Waals surface area contributed by atoms with Crippen molar-refractivity contribution in [3.63, 3.8) is 0 Å². The minimum absolute atomic E-state index is 0.00987. The van der Waals surface area contributed by atoms with Crippen molar-refractivity contribution in [2.75, 3.05) is 0 Å². The van der Waals surface area contributed by atoms with Crippen molar-refractivity contribution in [3.05, 3.63) is 59.9 Å². The lowest BCUT2D eigenvalue weighted by Crippen LogP contribution is -2.06. The highest BCUT2D eigenvalue weighted by Crippen LogP contribution is 2.14. The van der Waals surface area contributed by atoms with Gasteiger partial charge in [0, 0.05) is 12.4 Å². The third kappa shape index (κ3) is 3.15. The fourth-order valence-corrected chi connectivity index (χ4v) is 2.30. The smallest absolute Gasteiger partial charge is 0.264 e. The first-order chi connectivity index (χ1) is 8.58. The Balaban J connectivity index is 2.11. The first-order valence-corrected chi connectivity index (χ1v) is 6.84. The molecule has 1 aromatic carbocycles. The van der Waals surface area contributed by atoms with E-state index < -0.39 is 10.1 Å². The Morgan fingerprint density at radius 3 is 2.50 bits per heavy atom. The first kappa shape index (κ1) is 12.7. The average Bonchev–Trinajstić information content (AvgIpc) is 2.38. The summed E-state index contributed by atoms with van der Waals surface area (Å²) in [6, 6.07) is 10.0. The van der Waals surface area contributed by atoms with Crippen molar-refractivity contribution in [2.24, 2.45) is 0 Å². The van der Waals surface area contributed by atoms with E-state index in [2.05, 4.69) is 4.98 Å². The number of aromatic nitrogens is 1. The van der Waals surface area contributed by atoms with Crippen LogP contribution in [-0.2, 0) is 20.9 Å². The quantitative estimate of drug-likeness (QED) is 0.794. The van der Waals surface area contributed by atoms with E-state index in [1.54, 1.807) is 36.7 Å². The molecule has 0 saturated carbocycles. The van der Waals surface area contributed by atoms with Crippen molar-refractivity contribution in [2.45, 2.75) is 18.4 Å². The second-order valence-electron chi connectivity index (χ2n) is 3.89. The Bertz CT molecular complexity index is 606. The predicted octanol–water partition coefficient (Wildman–Crippen LogP) is 2.30. The van der Waals surface area contributed by atoms with Crippen LogP contribution in [0.15, 0.2) is 53.7 Å². The van der Waals surface area contributed by atoms with Crippen molar-refractivity contribution in [3.8, 4) is 0 Å². The van der Waals surface area contributed by atoms with Gasteiger partial charge in [0.2, 0.25) is 0 Å². The van der Waals surface area contributed by atoms with Gasteiger partial charge in [-0.3, -0.25) is 9.17 Å². The molecule has 94 valence electrons. The first-order valence-electron chi connectivity index (χ1n) is 5.43. The molecule has 2 rings (SSSR count). The topological polar surface area (TPSA) is 56.3 Å². The highest BCUT2D eigenvalue weighted by atomic mass is 32.2. The van der Waals surface area contributed by atoms with E-state index >= 15 is 0 Å². The summed E-state index contributed by atoms with van der Waals surface area (Å²) in [5.41, 5.74) is 1.72. The number of hydrogen-bond donors (Lipinski definition) is 0. The monoisotopic (exact) mass is 263 g/mol. The van der Waals surface area contributed by atoms with E-state index in [0.717, 1.165) is 5.56 Å². The molecule has 0 spiro atoms. The average molecular weight is 263 g/mol. The predicted molar refractivity (Wildman–Crippen MR) is 67.4 cm³/mol.